The van der Waals surface area contributed by atoms with Crippen molar-refractivity contribution in [2.75, 3.05) is 11.9 Å². The smallest absolute Gasteiger partial charge is 0.256 e. The summed E-state index contributed by atoms with van der Waals surface area (Å²) in [5.74, 6) is 0.437. The SMILES string of the molecule is CC1CCOc2cc(Oc3ccc(C(=O)Nc4ccc(-c5ccc(F)cc5F)nn4)cc3)c(Cl)cc21. The molecule has 36 heavy (non-hydrogen) atoms. The standard InChI is InChI=1S/C27H20ClF2N3O3/c1-15-10-11-35-24-14-25(21(28)13-20(15)24)36-18-5-2-16(3-6-18)27(34)31-26-9-8-23(32-33-26)19-7-4-17(29)12-22(19)30/h2-9,12-15H,10-11H2,1H3,(H,31,33,34). The van der Waals surface area contributed by atoms with E-state index in [1.165, 1.54) is 18.2 Å². The highest BCUT2D eigenvalue weighted by Gasteiger charge is 2.21. The van der Waals surface area contributed by atoms with Crippen molar-refractivity contribution in [3.63, 3.8) is 0 Å². The largest absolute Gasteiger partial charge is 0.493 e. The molecule has 0 aliphatic carbocycles. The van der Waals surface area contributed by atoms with Gasteiger partial charge in [0.25, 0.3) is 5.91 Å². The first-order valence-electron chi connectivity index (χ1n) is 11.2. The minimum Gasteiger partial charge on any atom is -0.493 e. The van der Waals surface area contributed by atoms with Gasteiger partial charge in [-0.2, -0.15) is 0 Å². The highest BCUT2D eigenvalue weighted by atomic mass is 35.5. The van der Waals surface area contributed by atoms with Crippen molar-refractivity contribution in [1.29, 1.82) is 0 Å². The van der Waals surface area contributed by atoms with Gasteiger partial charge in [-0.3, -0.25) is 4.79 Å². The number of rotatable bonds is 5. The van der Waals surface area contributed by atoms with E-state index in [2.05, 4.69) is 22.4 Å². The van der Waals surface area contributed by atoms with Crippen LogP contribution in [0.1, 0.15) is 35.2 Å². The minimum absolute atomic E-state index is 0.109. The zero-order valence-corrected chi connectivity index (χ0v) is 19.9. The Labute approximate surface area is 210 Å². The van der Waals surface area contributed by atoms with Crippen molar-refractivity contribution < 1.29 is 23.0 Å². The number of hydrogen-bond donors (Lipinski definition) is 1. The molecule has 0 radical (unpaired) electrons. The molecule has 2 heterocycles. The Kier molecular flexibility index (Phi) is 6.52. The van der Waals surface area contributed by atoms with Gasteiger partial charge in [0.15, 0.2) is 5.82 Å². The van der Waals surface area contributed by atoms with Gasteiger partial charge in [-0.05, 0) is 72.5 Å². The van der Waals surface area contributed by atoms with E-state index in [-0.39, 0.29) is 17.1 Å². The third-order valence-corrected chi connectivity index (χ3v) is 6.16. The fourth-order valence-corrected chi connectivity index (χ4v) is 4.08. The predicted octanol–water partition coefficient (Wildman–Crippen LogP) is 7.01. The molecule has 5 rings (SSSR count). The lowest BCUT2D eigenvalue weighted by Crippen LogP contribution is -2.13. The molecule has 9 heteroatoms. The number of amides is 1. The van der Waals surface area contributed by atoms with E-state index >= 15 is 0 Å². The number of hydrogen-bond acceptors (Lipinski definition) is 5. The molecule has 182 valence electrons. The van der Waals surface area contributed by atoms with E-state index in [1.807, 2.05) is 6.07 Å². The van der Waals surface area contributed by atoms with Gasteiger partial charge in [0.2, 0.25) is 0 Å². The highest BCUT2D eigenvalue weighted by molar-refractivity contribution is 6.32. The van der Waals surface area contributed by atoms with E-state index in [9.17, 15) is 13.6 Å². The average molecular weight is 508 g/mol. The van der Waals surface area contributed by atoms with Crippen molar-refractivity contribution in [3.05, 3.63) is 94.5 Å². The van der Waals surface area contributed by atoms with Crippen molar-refractivity contribution in [1.82, 2.24) is 10.2 Å². The highest BCUT2D eigenvalue weighted by Crippen LogP contribution is 2.41. The Morgan fingerprint density at radius 2 is 1.86 bits per heavy atom. The first-order chi connectivity index (χ1) is 17.4. The third-order valence-electron chi connectivity index (χ3n) is 5.86. The summed E-state index contributed by atoms with van der Waals surface area (Å²) in [6, 6.07) is 16.3. The summed E-state index contributed by atoms with van der Waals surface area (Å²) in [4.78, 5) is 12.6. The van der Waals surface area contributed by atoms with Crippen LogP contribution < -0.4 is 14.8 Å². The van der Waals surface area contributed by atoms with Crippen LogP contribution in [0.2, 0.25) is 5.02 Å². The predicted molar refractivity (Wildman–Crippen MR) is 132 cm³/mol. The van der Waals surface area contributed by atoms with Gasteiger partial charge < -0.3 is 14.8 Å². The van der Waals surface area contributed by atoms with Crippen LogP contribution in [0.3, 0.4) is 0 Å². The number of halogens is 3. The van der Waals surface area contributed by atoms with E-state index in [0.29, 0.717) is 34.6 Å². The number of anilines is 1. The molecule has 1 unspecified atom stereocenters. The fraction of sp³-hybridized carbons (Fsp3) is 0.148. The number of ether oxygens (including phenoxy) is 2. The molecule has 4 aromatic rings. The van der Waals surface area contributed by atoms with E-state index < -0.39 is 17.5 Å². The van der Waals surface area contributed by atoms with Gasteiger partial charge in [-0.15, -0.1) is 10.2 Å². The van der Waals surface area contributed by atoms with Gasteiger partial charge in [0, 0.05) is 23.3 Å². The number of benzene rings is 3. The second kappa shape index (κ2) is 9.91. The Morgan fingerprint density at radius 3 is 2.58 bits per heavy atom. The zero-order valence-electron chi connectivity index (χ0n) is 19.1. The summed E-state index contributed by atoms with van der Waals surface area (Å²) >= 11 is 6.42. The maximum atomic E-state index is 13.9. The Balaban J connectivity index is 1.25. The normalized spacial score (nSPS) is 14.5. The summed E-state index contributed by atoms with van der Waals surface area (Å²) in [6.45, 7) is 2.78. The van der Waals surface area contributed by atoms with E-state index in [1.54, 1.807) is 30.3 Å². The molecule has 0 saturated carbocycles. The maximum absolute atomic E-state index is 13.9. The lowest BCUT2D eigenvalue weighted by molar-refractivity contribution is 0.102. The molecule has 3 aromatic carbocycles. The summed E-state index contributed by atoms with van der Waals surface area (Å²) in [5.41, 5.74) is 1.75. The van der Waals surface area contributed by atoms with Gasteiger partial charge >= 0.3 is 0 Å². The van der Waals surface area contributed by atoms with E-state index in [4.69, 9.17) is 21.1 Å². The molecule has 1 N–H and O–H groups in total. The third kappa shape index (κ3) is 4.99. The molecular formula is C27H20ClF2N3O3. The van der Waals surface area contributed by atoms with Crippen LogP contribution in [0.25, 0.3) is 11.3 Å². The Hall–Kier alpha value is -4.04. The lowest BCUT2D eigenvalue weighted by Gasteiger charge is -2.24. The second-order valence-corrected chi connectivity index (χ2v) is 8.77. The summed E-state index contributed by atoms with van der Waals surface area (Å²) in [6.07, 6.45) is 0.940. The van der Waals surface area contributed by atoms with Crippen molar-refractivity contribution in [3.8, 4) is 28.5 Å². The topological polar surface area (TPSA) is 73.3 Å². The van der Waals surface area contributed by atoms with Crippen molar-refractivity contribution >= 4 is 23.3 Å². The second-order valence-electron chi connectivity index (χ2n) is 8.37. The summed E-state index contributed by atoms with van der Waals surface area (Å²) in [5, 5.41) is 10.9. The van der Waals surface area contributed by atoms with Crippen LogP contribution >= 0.6 is 11.6 Å². The van der Waals surface area contributed by atoms with Gasteiger partial charge in [0.05, 0.1) is 17.3 Å². The molecule has 1 amide bonds. The van der Waals surface area contributed by atoms with Crippen molar-refractivity contribution in [2.45, 2.75) is 19.3 Å². The molecule has 0 bridgehead atoms. The van der Waals surface area contributed by atoms with E-state index in [0.717, 1.165) is 29.9 Å². The average Bonchev–Trinajstić information content (AvgIpc) is 2.86. The Morgan fingerprint density at radius 1 is 1.06 bits per heavy atom. The molecule has 0 saturated heterocycles. The molecule has 1 aliphatic rings. The quantitative estimate of drug-likeness (QED) is 0.314. The monoisotopic (exact) mass is 507 g/mol. The molecule has 1 atom stereocenters. The fourth-order valence-electron chi connectivity index (χ4n) is 3.87. The van der Waals surface area contributed by atoms with Crippen LogP contribution in [0, 0.1) is 11.6 Å². The van der Waals surface area contributed by atoms with Gasteiger partial charge in [-0.25, -0.2) is 8.78 Å². The maximum Gasteiger partial charge on any atom is 0.256 e. The summed E-state index contributed by atoms with van der Waals surface area (Å²) in [7, 11) is 0. The number of aromatic nitrogens is 2. The Bertz CT molecular complexity index is 1430. The summed E-state index contributed by atoms with van der Waals surface area (Å²) < 4.78 is 38.7. The number of fused-ring (bicyclic) bond motifs is 1. The van der Waals surface area contributed by atoms with Crippen LogP contribution in [-0.2, 0) is 0 Å². The molecule has 0 spiro atoms. The lowest BCUT2D eigenvalue weighted by atomic mass is 9.95. The zero-order chi connectivity index (χ0) is 25.2. The number of nitrogens with one attached hydrogen (secondary N) is 1. The van der Waals surface area contributed by atoms with Crippen LogP contribution in [0.5, 0.6) is 17.2 Å². The first-order valence-corrected chi connectivity index (χ1v) is 11.6. The van der Waals surface area contributed by atoms with Crippen LogP contribution in [0.15, 0.2) is 66.7 Å². The van der Waals surface area contributed by atoms with Gasteiger partial charge in [0.1, 0.15) is 28.9 Å². The van der Waals surface area contributed by atoms with Gasteiger partial charge in [-0.1, -0.05) is 18.5 Å². The minimum atomic E-state index is -0.748. The molecular weight excluding hydrogens is 488 g/mol. The van der Waals surface area contributed by atoms with Crippen LogP contribution in [-0.4, -0.2) is 22.7 Å². The number of carbonyl (C=O) groups is 1. The van der Waals surface area contributed by atoms with Crippen molar-refractivity contribution in [2.24, 2.45) is 0 Å². The number of carbonyl (C=O) groups excluding carboxylic acids is 1. The number of nitrogens with zero attached hydrogens (tertiary/aromatic N) is 2. The first kappa shape index (κ1) is 23.7. The molecule has 6 nitrogen and oxygen atoms in total. The molecule has 1 aliphatic heterocycles. The van der Waals surface area contributed by atoms with Crippen LogP contribution in [0.4, 0.5) is 14.6 Å². The molecule has 1 aromatic heterocycles. The molecule has 0 fully saturated rings.